The van der Waals surface area contributed by atoms with Crippen LogP contribution >= 0.6 is 0 Å². The maximum Gasteiger partial charge on any atom is 0.164 e. The zero-order valence-electron chi connectivity index (χ0n) is 45.2. The SMILES string of the molecule is [2H]c1c([2H])c([2H])c(-c2nc(-c3c([2H])c([2H])c([2H])c([2H])c3[2H])nc(-c3c([2H])c([2H])c([2H])c(-c4c([2H])c([2H])c5c(oc6c([2H])c([2H])c([2H])c(-c7ccc8c(c7)oc7ccccc78)c65)c4[2H])c3[2H])n2)c([2H])c1[2H]. The molecule has 0 aliphatic rings. The highest BCUT2D eigenvalue weighted by atomic mass is 16.3. The first kappa shape index (κ1) is 14.7. The van der Waals surface area contributed by atoms with Gasteiger partial charge in [-0.05, 0) is 64.6 Å². The molecule has 7 aromatic carbocycles. The van der Waals surface area contributed by atoms with Gasteiger partial charge in [0.2, 0.25) is 0 Å². The second-order valence-corrected chi connectivity index (χ2v) is 10.9. The van der Waals surface area contributed by atoms with Crippen molar-refractivity contribution in [3.63, 3.8) is 0 Å². The van der Waals surface area contributed by atoms with E-state index in [1.807, 2.05) is 12.1 Å². The maximum atomic E-state index is 9.55. The topological polar surface area (TPSA) is 65.0 Å². The molecule has 0 saturated carbocycles. The Hall–Kier alpha value is -6.85. The summed E-state index contributed by atoms with van der Waals surface area (Å²) >= 11 is 0. The number of para-hydroxylation sites is 1. The highest BCUT2D eigenvalue weighted by Gasteiger charge is 2.17. The molecule has 0 radical (unpaired) electrons. The van der Waals surface area contributed by atoms with E-state index in [2.05, 4.69) is 15.0 Å². The van der Waals surface area contributed by atoms with E-state index in [4.69, 9.17) is 30.8 Å². The highest BCUT2D eigenvalue weighted by molar-refractivity contribution is 6.14. The second kappa shape index (κ2) is 11.4. The van der Waals surface area contributed by atoms with Gasteiger partial charge in [-0.25, -0.2) is 15.0 Å². The van der Waals surface area contributed by atoms with Crippen LogP contribution in [-0.4, -0.2) is 15.0 Å². The third kappa shape index (κ3) is 4.75. The highest BCUT2D eigenvalue weighted by Crippen LogP contribution is 2.40. The predicted molar refractivity (Wildman–Crippen MR) is 202 cm³/mol. The smallest absolute Gasteiger partial charge is 0.164 e. The van der Waals surface area contributed by atoms with E-state index in [0.717, 1.165) is 10.8 Å². The lowest BCUT2D eigenvalue weighted by molar-refractivity contribution is 0.668. The third-order valence-corrected chi connectivity index (χ3v) is 7.92. The Labute approximate surface area is 315 Å². The minimum absolute atomic E-state index is 0.0217. The zero-order valence-corrected chi connectivity index (χ0v) is 25.2. The molecule has 0 fully saturated rings. The van der Waals surface area contributed by atoms with Crippen LogP contribution in [0.5, 0.6) is 0 Å². The summed E-state index contributed by atoms with van der Waals surface area (Å²) in [6.07, 6.45) is 0. The van der Waals surface area contributed by atoms with Crippen molar-refractivity contribution < 1.29 is 36.2 Å². The zero-order chi connectivity index (χ0) is 50.4. The van der Waals surface area contributed by atoms with Crippen LogP contribution in [0.25, 0.3) is 100 Å². The molecule has 5 heteroatoms. The number of hydrogen-bond acceptors (Lipinski definition) is 5. The molecule has 10 rings (SSSR count). The Morgan fingerprint density at radius 1 is 0.400 bits per heavy atom. The van der Waals surface area contributed by atoms with Gasteiger partial charge in [0, 0.05) is 38.2 Å². The lowest BCUT2D eigenvalue weighted by Crippen LogP contribution is -2.00. The molecule has 0 saturated heterocycles. The number of aromatic nitrogens is 3. The van der Waals surface area contributed by atoms with E-state index in [1.165, 1.54) is 0 Å². The molecular weight excluding hydrogens is 615 g/mol. The Balaban J connectivity index is 1.27. The normalized spacial score (nSPS) is 17.2. The molecule has 0 bridgehead atoms. The van der Waals surface area contributed by atoms with Crippen LogP contribution in [0, 0.1) is 0 Å². The summed E-state index contributed by atoms with van der Waals surface area (Å²) in [6.45, 7) is 0. The first-order chi connectivity index (χ1) is 33.1. The first-order valence-corrected chi connectivity index (χ1v) is 15.0. The van der Waals surface area contributed by atoms with Crippen molar-refractivity contribution in [2.24, 2.45) is 0 Å². The molecule has 0 aliphatic carbocycles. The number of rotatable bonds is 5. The Bertz CT molecular complexity index is 3890. The average Bonchev–Trinajstić information content (AvgIpc) is 3.92. The molecular formula is C45H27N3O2. The molecule has 0 spiro atoms. The van der Waals surface area contributed by atoms with Crippen molar-refractivity contribution in [3.05, 3.63) is 163 Å². The van der Waals surface area contributed by atoms with Gasteiger partial charge in [0.1, 0.15) is 22.3 Å². The molecule has 234 valence electrons. The Morgan fingerprint density at radius 3 is 1.80 bits per heavy atom. The summed E-state index contributed by atoms with van der Waals surface area (Å²) in [6, 6.07) is -3.30. The summed E-state index contributed by atoms with van der Waals surface area (Å²) in [7, 11) is 0. The summed E-state index contributed by atoms with van der Waals surface area (Å²) in [5.74, 6) is -2.27. The van der Waals surface area contributed by atoms with Gasteiger partial charge in [-0.2, -0.15) is 0 Å². The van der Waals surface area contributed by atoms with Crippen molar-refractivity contribution in [2.75, 3.05) is 0 Å². The molecule has 0 unspecified atom stereocenters. The number of nitrogens with zero attached hydrogens (tertiary/aromatic N) is 3. The molecule has 5 nitrogen and oxygen atoms in total. The minimum atomic E-state index is -0.931. The molecule has 0 amide bonds. The third-order valence-electron chi connectivity index (χ3n) is 7.92. The number of benzene rings is 7. The molecule has 0 atom stereocenters. The Kier molecular flexibility index (Phi) is 3.36. The maximum absolute atomic E-state index is 9.55. The van der Waals surface area contributed by atoms with Crippen molar-refractivity contribution in [1.82, 2.24) is 15.0 Å². The van der Waals surface area contributed by atoms with Gasteiger partial charge in [-0.3, -0.25) is 0 Å². The molecule has 0 N–H and O–H groups in total. The van der Waals surface area contributed by atoms with Crippen molar-refractivity contribution >= 4 is 43.9 Å². The van der Waals surface area contributed by atoms with Crippen molar-refractivity contribution in [3.8, 4) is 56.4 Å². The summed E-state index contributed by atoms with van der Waals surface area (Å²) in [4.78, 5) is 12.8. The van der Waals surface area contributed by atoms with Gasteiger partial charge in [0.25, 0.3) is 0 Å². The predicted octanol–water partition coefficient (Wildman–Crippen LogP) is 12.0. The van der Waals surface area contributed by atoms with E-state index in [9.17, 15) is 5.48 Å². The van der Waals surface area contributed by atoms with E-state index in [0.29, 0.717) is 16.7 Å². The fourth-order valence-electron chi connectivity index (χ4n) is 5.69. The van der Waals surface area contributed by atoms with Crippen LogP contribution in [0.15, 0.2) is 172 Å². The first-order valence-electron chi connectivity index (χ1n) is 25.0. The van der Waals surface area contributed by atoms with E-state index < -0.39 is 172 Å². The van der Waals surface area contributed by atoms with Crippen LogP contribution in [0.3, 0.4) is 0 Å². The molecule has 50 heavy (non-hydrogen) atoms. The summed E-state index contributed by atoms with van der Waals surface area (Å²) in [5.41, 5.74) is -2.80. The van der Waals surface area contributed by atoms with Gasteiger partial charge in [0.05, 0.1) is 27.4 Å². The Morgan fingerprint density at radius 2 is 1.02 bits per heavy atom. The van der Waals surface area contributed by atoms with E-state index in [1.54, 1.807) is 30.3 Å². The summed E-state index contributed by atoms with van der Waals surface area (Å²) < 4.78 is 188. The molecule has 3 aromatic heterocycles. The number of hydrogen-bond donors (Lipinski definition) is 0. The van der Waals surface area contributed by atoms with Crippen molar-refractivity contribution in [1.29, 1.82) is 0 Å². The fourth-order valence-corrected chi connectivity index (χ4v) is 5.69. The fraction of sp³-hybridized carbons (Fsp3) is 0. The largest absolute Gasteiger partial charge is 0.456 e. The van der Waals surface area contributed by atoms with E-state index >= 15 is 0 Å². The lowest BCUT2D eigenvalue weighted by atomic mass is 9.97. The molecule has 10 aromatic rings. The van der Waals surface area contributed by atoms with Gasteiger partial charge >= 0.3 is 0 Å². The van der Waals surface area contributed by atoms with Gasteiger partial charge in [-0.15, -0.1) is 0 Å². The molecule has 0 aliphatic heterocycles. The minimum Gasteiger partial charge on any atom is -0.456 e. The van der Waals surface area contributed by atoms with Crippen LogP contribution < -0.4 is 0 Å². The van der Waals surface area contributed by atoms with Crippen LogP contribution in [0.1, 0.15) is 27.4 Å². The number of furan rings is 2. The molecule has 3 heterocycles. The van der Waals surface area contributed by atoms with Gasteiger partial charge in [-0.1, -0.05) is 121 Å². The van der Waals surface area contributed by atoms with Crippen LogP contribution in [0.2, 0.25) is 0 Å². The second-order valence-electron chi connectivity index (χ2n) is 10.9. The van der Waals surface area contributed by atoms with Gasteiger partial charge < -0.3 is 8.83 Å². The summed E-state index contributed by atoms with van der Waals surface area (Å²) in [5, 5.41) is 1.28. The standard InChI is InChI=1S/C45H27N3O2/c1-3-11-28(12-4-1)43-46-44(29-13-5-2-6-14-29)48-45(47-43)33-16-9-15-30(25-33)31-21-24-37-41(26-31)50-39-20-10-18-34(42(37)39)32-22-23-36-35-17-7-8-19-38(35)49-40(36)27-32/h1-27H/i1D,2D,3D,4D,5D,6D,9D,10D,11D,12D,13D,14D,15D,16D,18D,20D,21D,24D,25D,26D. The van der Waals surface area contributed by atoms with E-state index in [-0.39, 0.29) is 21.9 Å². The van der Waals surface area contributed by atoms with Crippen LogP contribution in [-0.2, 0) is 0 Å². The quantitative estimate of drug-likeness (QED) is 0.184. The van der Waals surface area contributed by atoms with Crippen LogP contribution in [0.4, 0.5) is 0 Å². The average molecular weight is 662 g/mol. The van der Waals surface area contributed by atoms with Crippen molar-refractivity contribution in [2.45, 2.75) is 0 Å². The number of fused-ring (bicyclic) bond motifs is 6. The van der Waals surface area contributed by atoms with Gasteiger partial charge in [0.15, 0.2) is 17.5 Å². The monoisotopic (exact) mass is 661 g/mol. The lowest BCUT2D eigenvalue weighted by Gasteiger charge is -2.09.